The van der Waals surface area contributed by atoms with E-state index in [0.29, 0.717) is 12.1 Å². The predicted molar refractivity (Wildman–Crippen MR) is 109 cm³/mol. The van der Waals surface area contributed by atoms with Crippen LogP contribution in [-0.2, 0) is 11.3 Å². The van der Waals surface area contributed by atoms with Crippen molar-refractivity contribution in [3.8, 4) is 5.69 Å². The zero-order valence-electron chi connectivity index (χ0n) is 16.0. The van der Waals surface area contributed by atoms with E-state index in [2.05, 4.69) is 34.3 Å². The molecule has 0 N–H and O–H groups in total. The summed E-state index contributed by atoms with van der Waals surface area (Å²) in [6, 6.07) is 17.8. The van der Waals surface area contributed by atoms with Crippen molar-refractivity contribution in [2.24, 2.45) is 0 Å². The number of ether oxygens (including phenoxy) is 1. The van der Waals surface area contributed by atoms with Crippen LogP contribution in [0.2, 0.25) is 0 Å². The SMILES string of the molecule is CN(Cc1ccc(N2CCOCC2)cc1)C(=O)c1ccccc1-n1cccn1. The lowest BCUT2D eigenvalue weighted by molar-refractivity contribution is 0.0785. The second-order valence-electron chi connectivity index (χ2n) is 6.89. The molecule has 0 atom stereocenters. The fraction of sp³-hybridized carbons (Fsp3) is 0.273. The number of aromatic nitrogens is 2. The van der Waals surface area contributed by atoms with Crippen LogP contribution >= 0.6 is 0 Å². The topological polar surface area (TPSA) is 50.6 Å². The first-order valence-electron chi connectivity index (χ1n) is 9.48. The summed E-state index contributed by atoms with van der Waals surface area (Å²) in [5, 5.41) is 4.26. The van der Waals surface area contributed by atoms with E-state index in [1.165, 1.54) is 5.69 Å². The highest BCUT2D eigenvalue weighted by atomic mass is 16.5. The van der Waals surface area contributed by atoms with Gasteiger partial charge >= 0.3 is 0 Å². The van der Waals surface area contributed by atoms with E-state index in [4.69, 9.17) is 4.74 Å². The Kier molecular flexibility index (Phi) is 5.39. The number of nitrogens with zero attached hydrogens (tertiary/aromatic N) is 4. The molecule has 1 aliphatic rings. The van der Waals surface area contributed by atoms with E-state index in [9.17, 15) is 4.79 Å². The molecule has 2 aromatic carbocycles. The maximum absolute atomic E-state index is 13.0. The molecule has 6 heteroatoms. The van der Waals surface area contributed by atoms with Gasteiger partial charge in [-0.2, -0.15) is 5.10 Å². The molecule has 3 aromatic rings. The lowest BCUT2D eigenvalue weighted by atomic mass is 10.1. The molecule has 0 unspecified atom stereocenters. The van der Waals surface area contributed by atoms with E-state index >= 15 is 0 Å². The second-order valence-corrected chi connectivity index (χ2v) is 6.89. The monoisotopic (exact) mass is 376 g/mol. The lowest BCUT2D eigenvalue weighted by Gasteiger charge is -2.29. The number of morpholine rings is 1. The summed E-state index contributed by atoms with van der Waals surface area (Å²) >= 11 is 0. The minimum atomic E-state index is -0.0247. The smallest absolute Gasteiger partial charge is 0.256 e. The van der Waals surface area contributed by atoms with Crippen molar-refractivity contribution >= 4 is 11.6 Å². The average Bonchev–Trinajstić information content (AvgIpc) is 3.29. The van der Waals surface area contributed by atoms with Crippen LogP contribution in [0, 0.1) is 0 Å². The van der Waals surface area contributed by atoms with E-state index < -0.39 is 0 Å². The highest BCUT2D eigenvalue weighted by Gasteiger charge is 2.17. The minimum absolute atomic E-state index is 0.0247. The summed E-state index contributed by atoms with van der Waals surface area (Å²) in [7, 11) is 1.83. The summed E-state index contributed by atoms with van der Waals surface area (Å²) < 4.78 is 7.13. The van der Waals surface area contributed by atoms with Crippen LogP contribution in [0.3, 0.4) is 0 Å². The number of hydrogen-bond acceptors (Lipinski definition) is 4. The first-order valence-corrected chi connectivity index (χ1v) is 9.48. The molecular weight excluding hydrogens is 352 g/mol. The number of hydrogen-bond donors (Lipinski definition) is 0. The Bertz CT molecular complexity index is 916. The fourth-order valence-electron chi connectivity index (χ4n) is 3.45. The quantitative estimate of drug-likeness (QED) is 0.687. The Labute approximate surface area is 164 Å². The second kappa shape index (κ2) is 8.27. The van der Waals surface area contributed by atoms with Crippen molar-refractivity contribution in [1.29, 1.82) is 0 Å². The molecule has 0 spiro atoms. The largest absolute Gasteiger partial charge is 0.378 e. The van der Waals surface area contributed by atoms with E-state index in [-0.39, 0.29) is 5.91 Å². The van der Waals surface area contributed by atoms with Crippen molar-refractivity contribution in [3.05, 3.63) is 78.1 Å². The number of carbonyl (C=O) groups is 1. The molecule has 2 heterocycles. The maximum Gasteiger partial charge on any atom is 0.256 e. The van der Waals surface area contributed by atoms with Crippen molar-refractivity contribution < 1.29 is 9.53 Å². The van der Waals surface area contributed by atoms with Crippen molar-refractivity contribution in [2.75, 3.05) is 38.3 Å². The molecule has 28 heavy (non-hydrogen) atoms. The molecule has 4 rings (SSSR count). The highest BCUT2D eigenvalue weighted by molar-refractivity contribution is 5.97. The molecule has 1 amide bonds. The number of rotatable bonds is 5. The van der Waals surface area contributed by atoms with Crippen LogP contribution in [0.5, 0.6) is 0 Å². The van der Waals surface area contributed by atoms with Crippen LogP contribution in [-0.4, -0.2) is 53.9 Å². The average molecular weight is 376 g/mol. The molecule has 144 valence electrons. The predicted octanol–water partition coefficient (Wildman–Crippen LogP) is 2.98. The van der Waals surface area contributed by atoms with Gasteiger partial charge in [-0.3, -0.25) is 4.79 Å². The van der Waals surface area contributed by atoms with Gasteiger partial charge in [0.1, 0.15) is 0 Å². The van der Waals surface area contributed by atoms with E-state index in [0.717, 1.165) is 37.6 Å². The van der Waals surface area contributed by atoms with E-state index in [1.54, 1.807) is 15.8 Å². The molecule has 1 aliphatic heterocycles. The first-order chi connectivity index (χ1) is 13.7. The van der Waals surface area contributed by atoms with Gasteiger partial charge in [-0.25, -0.2) is 4.68 Å². The van der Waals surface area contributed by atoms with Crippen LogP contribution in [0.15, 0.2) is 67.0 Å². The van der Waals surface area contributed by atoms with Crippen molar-refractivity contribution in [3.63, 3.8) is 0 Å². The molecule has 6 nitrogen and oxygen atoms in total. The van der Waals surface area contributed by atoms with Crippen molar-refractivity contribution in [2.45, 2.75) is 6.54 Å². The Morgan fingerprint density at radius 3 is 2.54 bits per heavy atom. The van der Waals surface area contributed by atoms with Crippen LogP contribution < -0.4 is 4.90 Å². The normalized spacial score (nSPS) is 14.1. The van der Waals surface area contributed by atoms with Gasteiger partial charge in [0.2, 0.25) is 0 Å². The molecular formula is C22H24N4O2. The Morgan fingerprint density at radius 1 is 1.07 bits per heavy atom. The Morgan fingerprint density at radius 2 is 1.82 bits per heavy atom. The third-order valence-electron chi connectivity index (χ3n) is 4.96. The molecule has 1 saturated heterocycles. The molecule has 0 aliphatic carbocycles. The molecule has 1 fully saturated rings. The summed E-state index contributed by atoms with van der Waals surface area (Å²) in [6.45, 7) is 3.93. The van der Waals surface area contributed by atoms with Gasteiger partial charge in [0.25, 0.3) is 5.91 Å². The highest BCUT2D eigenvalue weighted by Crippen LogP contribution is 2.19. The van der Waals surface area contributed by atoms with Gasteiger partial charge in [-0.15, -0.1) is 0 Å². The summed E-state index contributed by atoms with van der Waals surface area (Å²) in [6.07, 6.45) is 3.55. The summed E-state index contributed by atoms with van der Waals surface area (Å²) in [5.41, 5.74) is 3.72. The minimum Gasteiger partial charge on any atom is -0.378 e. The van der Waals surface area contributed by atoms with Crippen LogP contribution in [0.4, 0.5) is 5.69 Å². The Hall–Kier alpha value is -3.12. The number of carbonyl (C=O) groups excluding carboxylic acids is 1. The molecule has 0 bridgehead atoms. The molecule has 0 saturated carbocycles. The Balaban J connectivity index is 1.47. The van der Waals surface area contributed by atoms with Crippen molar-refractivity contribution in [1.82, 2.24) is 14.7 Å². The third kappa shape index (κ3) is 3.92. The van der Waals surface area contributed by atoms with Gasteiger partial charge in [0.05, 0.1) is 24.5 Å². The summed E-state index contributed by atoms with van der Waals surface area (Å²) in [4.78, 5) is 17.1. The number of amides is 1. The maximum atomic E-state index is 13.0. The number of para-hydroxylation sites is 1. The zero-order valence-corrected chi connectivity index (χ0v) is 16.0. The van der Waals surface area contributed by atoms with Gasteiger partial charge in [-0.1, -0.05) is 24.3 Å². The fourth-order valence-corrected chi connectivity index (χ4v) is 3.45. The third-order valence-corrected chi connectivity index (χ3v) is 4.96. The summed E-state index contributed by atoms with van der Waals surface area (Å²) in [5.74, 6) is -0.0247. The molecule has 0 radical (unpaired) electrons. The molecule has 1 aromatic heterocycles. The van der Waals surface area contributed by atoms with Gasteiger partial charge in [-0.05, 0) is 35.9 Å². The lowest BCUT2D eigenvalue weighted by Crippen LogP contribution is -2.36. The van der Waals surface area contributed by atoms with Crippen LogP contribution in [0.25, 0.3) is 5.69 Å². The first kappa shape index (κ1) is 18.3. The number of benzene rings is 2. The number of anilines is 1. The standard InChI is InChI=1S/C22H24N4O2/c1-24(17-18-7-9-19(10-8-18)25-13-15-28-16-14-25)22(27)20-5-2-3-6-21(20)26-12-4-11-23-26/h2-12H,13-17H2,1H3. The van der Waals surface area contributed by atoms with Gasteiger partial charge in [0.15, 0.2) is 0 Å². The van der Waals surface area contributed by atoms with Crippen LogP contribution in [0.1, 0.15) is 15.9 Å². The van der Waals surface area contributed by atoms with Gasteiger partial charge in [0, 0.05) is 44.8 Å². The van der Waals surface area contributed by atoms with Gasteiger partial charge < -0.3 is 14.5 Å². The zero-order chi connectivity index (χ0) is 19.3. The van der Waals surface area contributed by atoms with E-state index in [1.807, 2.05) is 43.6 Å².